The second-order valence-electron chi connectivity index (χ2n) is 6.54. The third kappa shape index (κ3) is 3.26. The number of hydrogen-bond acceptors (Lipinski definition) is 7. The van der Waals surface area contributed by atoms with Gasteiger partial charge in [0.05, 0.1) is 36.5 Å². The zero-order valence-corrected chi connectivity index (χ0v) is 16.2. The molecule has 3 heterocycles. The molecule has 0 amide bonds. The summed E-state index contributed by atoms with van der Waals surface area (Å²) in [5.41, 5.74) is 3.07. The van der Waals surface area contributed by atoms with E-state index in [1.165, 1.54) is 0 Å². The second kappa shape index (κ2) is 7.31. The fourth-order valence-corrected chi connectivity index (χ4v) is 3.49. The minimum Gasteiger partial charge on any atom is -0.497 e. The van der Waals surface area contributed by atoms with Crippen molar-refractivity contribution < 1.29 is 14.0 Å². The number of nitrogens with zero attached hydrogens (tertiary/aromatic N) is 5. The van der Waals surface area contributed by atoms with Gasteiger partial charge in [-0.05, 0) is 29.8 Å². The Bertz CT molecular complexity index is 1160. The zero-order valence-electron chi connectivity index (χ0n) is 15.4. The highest BCUT2D eigenvalue weighted by molar-refractivity contribution is 6.33. The number of methoxy groups -OCH3 is 1. The maximum atomic E-state index is 6.21. The number of rotatable bonds is 4. The Labute approximate surface area is 171 Å². The molecule has 146 valence electrons. The predicted octanol–water partition coefficient (Wildman–Crippen LogP) is 3.93. The maximum absolute atomic E-state index is 6.21. The molecule has 0 saturated carbocycles. The van der Waals surface area contributed by atoms with E-state index in [9.17, 15) is 0 Å². The van der Waals surface area contributed by atoms with Crippen molar-refractivity contribution in [1.82, 2.24) is 25.1 Å². The van der Waals surface area contributed by atoms with Crippen LogP contribution in [0.5, 0.6) is 5.75 Å². The Morgan fingerprint density at radius 1 is 1.14 bits per heavy atom. The first-order valence-corrected chi connectivity index (χ1v) is 9.37. The molecule has 0 fully saturated rings. The van der Waals surface area contributed by atoms with Crippen LogP contribution in [0.2, 0.25) is 5.02 Å². The van der Waals surface area contributed by atoms with Crippen LogP contribution in [0.1, 0.15) is 17.4 Å². The van der Waals surface area contributed by atoms with E-state index in [2.05, 4.69) is 20.5 Å². The summed E-state index contributed by atoms with van der Waals surface area (Å²) < 4.78 is 18.5. The van der Waals surface area contributed by atoms with Crippen LogP contribution < -0.4 is 4.74 Å². The van der Waals surface area contributed by atoms with Gasteiger partial charge < -0.3 is 14.0 Å². The Kier molecular flexibility index (Phi) is 4.49. The van der Waals surface area contributed by atoms with Gasteiger partial charge in [0.2, 0.25) is 5.82 Å². The van der Waals surface area contributed by atoms with Gasteiger partial charge in [0.1, 0.15) is 11.9 Å². The summed E-state index contributed by atoms with van der Waals surface area (Å²) in [4.78, 5) is 4.44. The van der Waals surface area contributed by atoms with Crippen LogP contribution in [0.25, 0.3) is 23.0 Å². The first-order valence-electron chi connectivity index (χ1n) is 9.00. The lowest BCUT2D eigenvalue weighted by molar-refractivity contribution is -0.00114. The van der Waals surface area contributed by atoms with Gasteiger partial charge in [-0.25, -0.2) is 4.68 Å². The summed E-state index contributed by atoms with van der Waals surface area (Å²) in [7, 11) is 1.64. The van der Waals surface area contributed by atoms with Crippen LogP contribution >= 0.6 is 11.6 Å². The number of benzene rings is 2. The minimum atomic E-state index is -0.119. The van der Waals surface area contributed by atoms with Gasteiger partial charge in [0.15, 0.2) is 5.69 Å². The van der Waals surface area contributed by atoms with Crippen molar-refractivity contribution in [3.8, 4) is 28.7 Å². The Morgan fingerprint density at radius 2 is 1.97 bits per heavy atom. The highest BCUT2D eigenvalue weighted by Gasteiger charge is 2.27. The SMILES string of the molecule is COc1ccc([C@@H]2Cn3nnc(-c4noc(-c5ccccc5Cl)n4)c3CO2)cc1. The van der Waals surface area contributed by atoms with E-state index >= 15 is 0 Å². The molecule has 0 N–H and O–H groups in total. The molecular formula is C20H16ClN5O3. The normalized spacial score (nSPS) is 15.9. The van der Waals surface area contributed by atoms with E-state index in [0.717, 1.165) is 17.0 Å². The first-order chi connectivity index (χ1) is 14.2. The lowest BCUT2D eigenvalue weighted by Gasteiger charge is -2.24. The van der Waals surface area contributed by atoms with Gasteiger partial charge in [-0.3, -0.25) is 0 Å². The van der Waals surface area contributed by atoms with Crippen molar-refractivity contribution in [2.75, 3.05) is 7.11 Å². The highest BCUT2D eigenvalue weighted by atomic mass is 35.5. The molecule has 0 bridgehead atoms. The molecule has 0 unspecified atom stereocenters. The van der Waals surface area contributed by atoms with Crippen molar-refractivity contribution in [3.63, 3.8) is 0 Å². The Hall–Kier alpha value is -3.23. The Morgan fingerprint density at radius 3 is 2.76 bits per heavy atom. The molecule has 0 aliphatic carbocycles. The smallest absolute Gasteiger partial charge is 0.259 e. The molecule has 1 aliphatic rings. The van der Waals surface area contributed by atoms with E-state index in [4.69, 9.17) is 25.6 Å². The van der Waals surface area contributed by atoms with Crippen LogP contribution in [0, 0.1) is 0 Å². The molecule has 0 radical (unpaired) electrons. The number of fused-ring (bicyclic) bond motifs is 1. The highest BCUT2D eigenvalue weighted by Crippen LogP contribution is 2.32. The summed E-state index contributed by atoms with van der Waals surface area (Å²) >= 11 is 6.21. The number of aromatic nitrogens is 5. The van der Waals surface area contributed by atoms with Crippen molar-refractivity contribution in [3.05, 3.63) is 64.8 Å². The topological polar surface area (TPSA) is 88.1 Å². The second-order valence-corrected chi connectivity index (χ2v) is 6.95. The van der Waals surface area contributed by atoms with Crippen molar-refractivity contribution in [2.24, 2.45) is 0 Å². The van der Waals surface area contributed by atoms with Crippen molar-refractivity contribution >= 4 is 11.6 Å². The molecule has 0 saturated heterocycles. The van der Waals surface area contributed by atoms with E-state index in [1.54, 1.807) is 13.2 Å². The number of ether oxygens (including phenoxy) is 2. The molecule has 4 aromatic rings. The number of halogens is 1. The van der Waals surface area contributed by atoms with Gasteiger partial charge in [0.25, 0.3) is 5.89 Å². The molecule has 1 aliphatic heterocycles. The Balaban J connectivity index is 1.40. The molecule has 2 aromatic heterocycles. The van der Waals surface area contributed by atoms with Crippen LogP contribution in [-0.4, -0.2) is 32.2 Å². The molecule has 9 heteroatoms. The summed E-state index contributed by atoms with van der Waals surface area (Å²) in [5, 5.41) is 13.1. The standard InChI is InChI=1S/C20H16ClN5O3/c1-27-13-8-6-12(7-9-13)17-10-26-16(11-28-17)18(23-25-26)19-22-20(29-24-19)14-4-2-3-5-15(14)21/h2-9,17H,10-11H2,1H3/t17-/m0/s1. The molecule has 5 rings (SSSR count). The van der Waals surface area contributed by atoms with Crippen LogP contribution in [0.15, 0.2) is 53.1 Å². The summed E-state index contributed by atoms with van der Waals surface area (Å²) in [5.74, 6) is 1.49. The van der Waals surface area contributed by atoms with Gasteiger partial charge in [-0.1, -0.05) is 46.2 Å². The predicted molar refractivity (Wildman–Crippen MR) is 104 cm³/mol. The van der Waals surface area contributed by atoms with Crippen molar-refractivity contribution in [1.29, 1.82) is 0 Å². The minimum absolute atomic E-state index is 0.119. The van der Waals surface area contributed by atoms with E-state index in [-0.39, 0.29) is 6.10 Å². The lowest BCUT2D eigenvalue weighted by Crippen LogP contribution is -2.22. The third-order valence-electron chi connectivity index (χ3n) is 4.83. The molecule has 0 spiro atoms. The van der Waals surface area contributed by atoms with E-state index < -0.39 is 0 Å². The fraction of sp³-hybridized carbons (Fsp3) is 0.200. The lowest BCUT2D eigenvalue weighted by atomic mass is 10.1. The molecule has 2 aromatic carbocycles. The van der Waals surface area contributed by atoms with E-state index in [0.29, 0.717) is 41.1 Å². The van der Waals surface area contributed by atoms with Gasteiger partial charge in [-0.15, -0.1) is 5.10 Å². The fourth-order valence-electron chi connectivity index (χ4n) is 3.27. The molecule has 1 atom stereocenters. The monoisotopic (exact) mass is 409 g/mol. The molecular weight excluding hydrogens is 394 g/mol. The van der Waals surface area contributed by atoms with Gasteiger partial charge in [0, 0.05) is 0 Å². The van der Waals surface area contributed by atoms with Gasteiger partial charge in [-0.2, -0.15) is 4.98 Å². The van der Waals surface area contributed by atoms with Crippen molar-refractivity contribution in [2.45, 2.75) is 19.3 Å². The molecule has 29 heavy (non-hydrogen) atoms. The average Bonchev–Trinajstić information content (AvgIpc) is 3.40. The zero-order chi connectivity index (χ0) is 19.8. The average molecular weight is 410 g/mol. The molecule has 8 nitrogen and oxygen atoms in total. The summed E-state index contributed by atoms with van der Waals surface area (Å²) in [6.45, 7) is 0.888. The number of hydrogen-bond donors (Lipinski definition) is 0. The van der Waals surface area contributed by atoms with Gasteiger partial charge >= 0.3 is 0 Å². The first kappa shape index (κ1) is 17.8. The maximum Gasteiger partial charge on any atom is 0.259 e. The largest absolute Gasteiger partial charge is 0.497 e. The van der Waals surface area contributed by atoms with Crippen LogP contribution in [0.4, 0.5) is 0 Å². The summed E-state index contributed by atoms with van der Waals surface area (Å²) in [6.07, 6.45) is -0.119. The summed E-state index contributed by atoms with van der Waals surface area (Å²) in [6, 6.07) is 15.1. The van der Waals surface area contributed by atoms with E-state index in [1.807, 2.05) is 47.1 Å². The quantitative estimate of drug-likeness (QED) is 0.504. The third-order valence-corrected chi connectivity index (χ3v) is 5.16. The van der Waals surface area contributed by atoms with Crippen LogP contribution in [-0.2, 0) is 17.9 Å². The van der Waals surface area contributed by atoms with Crippen LogP contribution in [0.3, 0.4) is 0 Å².